The first kappa shape index (κ1) is 12.5. The zero-order chi connectivity index (χ0) is 11.8. The third-order valence-electron chi connectivity index (χ3n) is 2.47. The van der Waals surface area contributed by atoms with E-state index in [1.165, 1.54) is 12.8 Å². The molecular weight excluding hydrogens is 200 g/mol. The minimum absolute atomic E-state index is 0.139. The topological polar surface area (TPSA) is 66.0 Å². The van der Waals surface area contributed by atoms with Crippen molar-refractivity contribution in [1.82, 2.24) is 9.88 Å². The van der Waals surface area contributed by atoms with Crippen LogP contribution in [0.1, 0.15) is 31.7 Å². The molecular formula is C12H20N4. The van der Waals surface area contributed by atoms with Crippen molar-refractivity contribution >= 4 is 5.96 Å². The van der Waals surface area contributed by atoms with Crippen LogP contribution in [0.2, 0.25) is 0 Å². The molecule has 1 aromatic heterocycles. The lowest BCUT2D eigenvalue weighted by Gasteiger charge is -2.22. The first-order chi connectivity index (χ1) is 7.74. The fourth-order valence-electron chi connectivity index (χ4n) is 1.55. The molecule has 0 aliphatic heterocycles. The maximum Gasteiger partial charge on any atom is 0.188 e. The Morgan fingerprint density at radius 1 is 1.50 bits per heavy atom. The zero-order valence-corrected chi connectivity index (χ0v) is 9.82. The third-order valence-corrected chi connectivity index (χ3v) is 2.47. The van der Waals surface area contributed by atoms with Gasteiger partial charge in [-0.2, -0.15) is 0 Å². The molecule has 0 amide bonds. The number of aromatic nitrogens is 1. The molecule has 0 atom stereocenters. The highest BCUT2D eigenvalue weighted by Gasteiger charge is 2.06. The summed E-state index contributed by atoms with van der Waals surface area (Å²) in [5.74, 6) is 0.139. The predicted molar refractivity (Wildman–Crippen MR) is 66.1 cm³/mol. The molecule has 88 valence electrons. The van der Waals surface area contributed by atoms with E-state index in [1.807, 2.05) is 23.2 Å². The fourth-order valence-corrected chi connectivity index (χ4v) is 1.55. The van der Waals surface area contributed by atoms with Gasteiger partial charge in [0.2, 0.25) is 0 Å². The van der Waals surface area contributed by atoms with Gasteiger partial charge in [-0.05, 0) is 18.1 Å². The number of nitrogens with one attached hydrogen (secondary N) is 1. The number of hydrogen-bond acceptors (Lipinski definition) is 2. The highest BCUT2D eigenvalue weighted by atomic mass is 15.2. The van der Waals surface area contributed by atoms with Crippen LogP contribution < -0.4 is 5.73 Å². The van der Waals surface area contributed by atoms with Crippen LogP contribution in [0.4, 0.5) is 0 Å². The van der Waals surface area contributed by atoms with Crippen molar-refractivity contribution in [2.45, 2.75) is 32.7 Å². The third kappa shape index (κ3) is 4.29. The lowest BCUT2D eigenvalue weighted by Crippen LogP contribution is -2.36. The number of hydrogen-bond donors (Lipinski definition) is 2. The van der Waals surface area contributed by atoms with Crippen molar-refractivity contribution in [2.24, 2.45) is 5.73 Å². The van der Waals surface area contributed by atoms with E-state index in [-0.39, 0.29) is 5.96 Å². The molecule has 0 aliphatic rings. The number of guanidine groups is 1. The second kappa shape index (κ2) is 6.82. The van der Waals surface area contributed by atoms with Crippen LogP contribution in [0.5, 0.6) is 0 Å². The minimum Gasteiger partial charge on any atom is -0.370 e. The fraction of sp³-hybridized carbons (Fsp3) is 0.500. The van der Waals surface area contributed by atoms with Gasteiger partial charge in [-0.3, -0.25) is 10.4 Å². The Labute approximate surface area is 97.0 Å². The normalized spacial score (nSPS) is 10.1. The quantitative estimate of drug-likeness (QED) is 0.437. The van der Waals surface area contributed by atoms with Gasteiger partial charge in [0.1, 0.15) is 0 Å². The lowest BCUT2D eigenvalue weighted by atomic mass is 10.2. The predicted octanol–water partition coefficient (Wildman–Crippen LogP) is 1.97. The van der Waals surface area contributed by atoms with Crippen LogP contribution in [-0.2, 0) is 6.54 Å². The average Bonchev–Trinajstić information content (AvgIpc) is 2.29. The Kier molecular flexibility index (Phi) is 5.32. The first-order valence-corrected chi connectivity index (χ1v) is 5.72. The van der Waals surface area contributed by atoms with E-state index in [2.05, 4.69) is 11.9 Å². The summed E-state index contributed by atoms with van der Waals surface area (Å²) in [7, 11) is 0. The molecule has 4 nitrogen and oxygen atoms in total. The van der Waals surface area contributed by atoms with Crippen LogP contribution in [-0.4, -0.2) is 22.4 Å². The molecule has 0 aromatic carbocycles. The molecule has 3 N–H and O–H groups in total. The monoisotopic (exact) mass is 220 g/mol. The molecule has 1 rings (SSSR count). The van der Waals surface area contributed by atoms with Crippen LogP contribution in [0.25, 0.3) is 0 Å². The average molecular weight is 220 g/mol. The largest absolute Gasteiger partial charge is 0.370 e. The number of rotatable bonds is 6. The molecule has 0 fully saturated rings. The Balaban J connectivity index is 2.48. The molecule has 0 aliphatic carbocycles. The highest BCUT2D eigenvalue weighted by Crippen LogP contribution is 2.04. The van der Waals surface area contributed by atoms with Crippen LogP contribution in [0, 0.1) is 5.41 Å². The summed E-state index contributed by atoms with van der Waals surface area (Å²) in [5.41, 5.74) is 6.65. The zero-order valence-electron chi connectivity index (χ0n) is 9.82. The molecule has 0 saturated carbocycles. The summed E-state index contributed by atoms with van der Waals surface area (Å²) >= 11 is 0. The maximum absolute atomic E-state index is 7.52. The van der Waals surface area contributed by atoms with Crippen molar-refractivity contribution in [1.29, 1.82) is 5.41 Å². The van der Waals surface area contributed by atoms with E-state index in [9.17, 15) is 0 Å². The summed E-state index contributed by atoms with van der Waals surface area (Å²) in [6, 6.07) is 3.91. The van der Waals surface area contributed by atoms with Gasteiger partial charge in [0.25, 0.3) is 0 Å². The second-order valence-corrected chi connectivity index (χ2v) is 3.88. The summed E-state index contributed by atoms with van der Waals surface area (Å²) in [6.45, 7) is 3.68. The second-order valence-electron chi connectivity index (χ2n) is 3.88. The molecule has 4 heteroatoms. The summed E-state index contributed by atoms with van der Waals surface area (Å²) < 4.78 is 0. The van der Waals surface area contributed by atoms with Gasteiger partial charge in [0.15, 0.2) is 5.96 Å². The van der Waals surface area contributed by atoms with Gasteiger partial charge in [-0.15, -0.1) is 0 Å². The Morgan fingerprint density at radius 3 is 2.88 bits per heavy atom. The van der Waals surface area contributed by atoms with E-state index in [0.717, 1.165) is 18.5 Å². The van der Waals surface area contributed by atoms with Crippen molar-refractivity contribution in [3.8, 4) is 0 Å². The molecule has 0 saturated heterocycles. The molecule has 0 unspecified atom stereocenters. The SMILES string of the molecule is CCCCCN(Cc1cccnc1)C(=N)N. The number of nitrogens with zero attached hydrogens (tertiary/aromatic N) is 2. The van der Waals surface area contributed by atoms with Gasteiger partial charge >= 0.3 is 0 Å². The van der Waals surface area contributed by atoms with E-state index in [0.29, 0.717) is 6.54 Å². The standard InChI is InChI=1S/C12H20N4/c1-2-3-4-8-16(12(13)14)10-11-6-5-7-15-9-11/h5-7,9H,2-4,8,10H2,1H3,(H3,13,14). The molecule has 1 heterocycles. The van der Waals surface area contributed by atoms with Crippen molar-refractivity contribution < 1.29 is 0 Å². The van der Waals surface area contributed by atoms with E-state index in [4.69, 9.17) is 11.1 Å². The van der Waals surface area contributed by atoms with Crippen molar-refractivity contribution in [2.75, 3.05) is 6.54 Å². The van der Waals surface area contributed by atoms with Crippen molar-refractivity contribution in [3.05, 3.63) is 30.1 Å². The first-order valence-electron chi connectivity index (χ1n) is 5.72. The maximum atomic E-state index is 7.52. The van der Waals surface area contributed by atoms with Crippen molar-refractivity contribution in [3.63, 3.8) is 0 Å². The minimum atomic E-state index is 0.139. The highest BCUT2D eigenvalue weighted by molar-refractivity contribution is 5.74. The summed E-state index contributed by atoms with van der Waals surface area (Å²) in [5, 5.41) is 7.52. The molecule has 1 aromatic rings. The summed E-state index contributed by atoms with van der Waals surface area (Å²) in [4.78, 5) is 5.94. The Morgan fingerprint density at radius 2 is 2.31 bits per heavy atom. The van der Waals surface area contributed by atoms with E-state index >= 15 is 0 Å². The Hall–Kier alpha value is -1.58. The number of pyridine rings is 1. The molecule has 16 heavy (non-hydrogen) atoms. The number of unbranched alkanes of at least 4 members (excludes halogenated alkanes) is 2. The van der Waals surface area contributed by atoms with Gasteiger partial charge in [0.05, 0.1) is 0 Å². The van der Waals surface area contributed by atoms with Gasteiger partial charge in [0, 0.05) is 25.5 Å². The van der Waals surface area contributed by atoms with E-state index in [1.54, 1.807) is 6.20 Å². The van der Waals surface area contributed by atoms with Gasteiger partial charge in [-0.1, -0.05) is 25.8 Å². The van der Waals surface area contributed by atoms with Crippen LogP contribution in [0.3, 0.4) is 0 Å². The smallest absolute Gasteiger partial charge is 0.188 e. The number of nitrogens with two attached hydrogens (primary N) is 1. The van der Waals surface area contributed by atoms with Gasteiger partial charge < -0.3 is 10.6 Å². The van der Waals surface area contributed by atoms with Crippen LogP contribution >= 0.6 is 0 Å². The molecule has 0 spiro atoms. The van der Waals surface area contributed by atoms with E-state index < -0.39 is 0 Å². The van der Waals surface area contributed by atoms with Gasteiger partial charge in [-0.25, -0.2) is 0 Å². The van der Waals surface area contributed by atoms with Crippen LogP contribution in [0.15, 0.2) is 24.5 Å². The molecule has 0 bridgehead atoms. The lowest BCUT2D eigenvalue weighted by molar-refractivity contribution is 0.390. The molecule has 0 radical (unpaired) electrons. The summed E-state index contributed by atoms with van der Waals surface area (Å²) in [6.07, 6.45) is 7.00. The Bertz CT molecular complexity index is 310.